The van der Waals surface area contributed by atoms with E-state index >= 15 is 0 Å². The van der Waals surface area contributed by atoms with Crippen molar-refractivity contribution in [2.24, 2.45) is 7.05 Å². The van der Waals surface area contributed by atoms with Crippen molar-refractivity contribution in [3.05, 3.63) is 47.4 Å². The van der Waals surface area contributed by atoms with Gasteiger partial charge >= 0.3 is 0 Å². The van der Waals surface area contributed by atoms with Gasteiger partial charge in [-0.15, -0.1) is 0 Å². The third-order valence-electron chi connectivity index (χ3n) is 3.22. The fourth-order valence-corrected chi connectivity index (χ4v) is 2.00. The highest BCUT2D eigenvalue weighted by Gasteiger charge is 2.27. The van der Waals surface area contributed by atoms with Gasteiger partial charge < -0.3 is 5.32 Å². The Labute approximate surface area is 110 Å². The monoisotopic (exact) mass is 259 g/mol. The molecule has 0 radical (unpaired) electrons. The molecule has 0 saturated heterocycles. The number of amides is 1. The fourth-order valence-electron chi connectivity index (χ4n) is 2.00. The maximum Gasteiger partial charge on any atom is 0.256 e. The van der Waals surface area contributed by atoms with Crippen molar-refractivity contribution in [2.45, 2.75) is 18.8 Å². The predicted molar refractivity (Wildman–Crippen MR) is 69.5 cm³/mol. The Morgan fingerprint density at radius 2 is 2.21 bits per heavy atom. The third kappa shape index (κ3) is 2.50. The Balaban J connectivity index is 1.79. The van der Waals surface area contributed by atoms with Crippen molar-refractivity contribution in [1.82, 2.24) is 9.78 Å². The van der Waals surface area contributed by atoms with Gasteiger partial charge in [-0.3, -0.25) is 9.48 Å². The highest BCUT2D eigenvalue weighted by atomic mass is 19.1. The summed E-state index contributed by atoms with van der Waals surface area (Å²) in [5.41, 5.74) is 1.31. The Morgan fingerprint density at radius 1 is 1.42 bits per heavy atom. The number of halogens is 1. The van der Waals surface area contributed by atoms with Crippen LogP contribution in [0.15, 0.2) is 30.3 Å². The summed E-state index contributed by atoms with van der Waals surface area (Å²) in [5, 5.41) is 7.12. The minimum atomic E-state index is -0.420. The number of carbonyl (C=O) groups excluding carboxylic acids is 1. The van der Waals surface area contributed by atoms with Gasteiger partial charge in [0.05, 0.1) is 5.69 Å². The average molecular weight is 259 g/mol. The highest BCUT2D eigenvalue weighted by molar-refractivity contribution is 6.03. The van der Waals surface area contributed by atoms with Gasteiger partial charge in [0.2, 0.25) is 0 Å². The number of rotatable bonds is 3. The second kappa shape index (κ2) is 4.50. The summed E-state index contributed by atoms with van der Waals surface area (Å²) in [4.78, 5) is 12.0. The van der Waals surface area contributed by atoms with Crippen LogP contribution >= 0.6 is 0 Å². The van der Waals surface area contributed by atoms with Crippen molar-refractivity contribution in [3.8, 4) is 0 Å². The van der Waals surface area contributed by atoms with E-state index < -0.39 is 5.82 Å². The summed E-state index contributed by atoms with van der Waals surface area (Å²) < 4.78 is 14.7. The lowest BCUT2D eigenvalue weighted by Gasteiger charge is -2.04. The summed E-state index contributed by atoms with van der Waals surface area (Å²) in [6.45, 7) is 0. The van der Waals surface area contributed by atoms with Crippen LogP contribution in [-0.4, -0.2) is 15.7 Å². The van der Waals surface area contributed by atoms with Crippen LogP contribution < -0.4 is 5.32 Å². The molecule has 0 bridgehead atoms. The number of carbonyl (C=O) groups is 1. The zero-order valence-corrected chi connectivity index (χ0v) is 10.6. The molecule has 4 nitrogen and oxygen atoms in total. The third-order valence-corrected chi connectivity index (χ3v) is 3.22. The molecule has 5 heteroatoms. The second-order valence-corrected chi connectivity index (χ2v) is 4.82. The van der Waals surface area contributed by atoms with Gasteiger partial charge in [-0.1, -0.05) is 6.07 Å². The predicted octanol–water partition coefficient (Wildman–Crippen LogP) is 2.69. The molecule has 3 rings (SSSR count). The molecule has 1 heterocycles. The normalized spacial score (nSPS) is 14.4. The van der Waals surface area contributed by atoms with Crippen molar-refractivity contribution >= 4 is 11.7 Å². The van der Waals surface area contributed by atoms with Gasteiger partial charge in [-0.05, 0) is 31.0 Å². The second-order valence-electron chi connectivity index (χ2n) is 4.82. The van der Waals surface area contributed by atoms with E-state index in [0.717, 1.165) is 18.5 Å². The molecule has 1 N–H and O–H groups in total. The van der Waals surface area contributed by atoms with Gasteiger partial charge in [-0.2, -0.15) is 5.10 Å². The van der Waals surface area contributed by atoms with Crippen LogP contribution in [0, 0.1) is 5.82 Å². The quantitative estimate of drug-likeness (QED) is 0.921. The first-order chi connectivity index (χ1) is 9.13. The number of hydrogen-bond donors (Lipinski definition) is 1. The van der Waals surface area contributed by atoms with Gasteiger partial charge in [-0.25, -0.2) is 4.39 Å². The van der Waals surface area contributed by atoms with Crippen LogP contribution in [0.2, 0.25) is 0 Å². The molecule has 0 spiro atoms. The maximum atomic E-state index is 13.1. The van der Waals surface area contributed by atoms with Crippen LogP contribution in [0.3, 0.4) is 0 Å². The lowest BCUT2D eigenvalue weighted by atomic mass is 10.2. The van der Waals surface area contributed by atoms with E-state index in [1.165, 1.54) is 18.2 Å². The first-order valence-electron chi connectivity index (χ1n) is 6.24. The molecule has 1 aliphatic rings. The van der Waals surface area contributed by atoms with Crippen LogP contribution in [0.5, 0.6) is 0 Å². The lowest BCUT2D eigenvalue weighted by Crippen LogP contribution is -2.14. The molecule has 98 valence electrons. The molecule has 1 aliphatic carbocycles. The van der Waals surface area contributed by atoms with Crippen LogP contribution in [-0.2, 0) is 7.05 Å². The van der Waals surface area contributed by atoms with Crippen molar-refractivity contribution < 1.29 is 9.18 Å². The number of aromatic nitrogens is 2. The van der Waals surface area contributed by atoms with E-state index in [0.29, 0.717) is 17.3 Å². The molecule has 0 aliphatic heterocycles. The lowest BCUT2D eigenvalue weighted by molar-refractivity contribution is 0.102. The van der Waals surface area contributed by atoms with E-state index in [2.05, 4.69) is 10.4 Å². The van der Waals surface area contributed by atoms with Gasteiger partial charge in [0, 0.05) is 24.6 Å². The molecule has 0 atom stereocenters. The Bertz CT molecular complexity index is 631. The molecule has 1 fully saturated rings. The number of benzene rings is 1. The minimum absolute atomic E-state index is 0.300. The Morgan fingerprint density at radius 3 is 2.89 bits per heavy atom. The molecule has 1 amide bonds. The molecular formula is C14H14FN3O. The van der Waals surface area contributed by atoms with Crippen molar-refractivity contribution in [2.75, 3.05) is 5.32 Å². The zero-order chi connectivity index (χ0) is 13.4. The number of aryl methyl sites for hydroxylation is 1. The van der Waals surface area contributed by atoms with E-state index in [4.69, 9.17) is 0 Å². The Kier molecular flexibility index (Phi) is 2.81. The number of nitrogens with one attached hydrogen (secondary N) is 1. The smallest absolute Gasteiger partial charge is 0.256 e. The van der Waals surface area contributed by atoms with E-state index in [1.807, 2.05) is 6.07 Å². The van der Waals surface area contributed by atoms with E-state index in [-0.39, 0.29) is 5.91 Å². The van der Waals surface area contributed by atoms with Gasteiger partial charge in [0.15, 0.2) is 0 Å². The van der Waals surface area contributed by atoms with Crippen LogP contribution in [0.25, 0.3) is 0 Å². The first-order valence-corrected chi connectivity index (χ1v) is 6.24. The molecule has 1 saturated carbocycles. The molecular weight excluding hydrogens is 245 g/mol. The number of nitrogens with zero attached hydrogens (tertiary/aromatic N) is 2. The first kappa shape index (κ1) is 11.9. The Hall–Kier alpha value is -2.17. The number of anilines is 1. The van der Waals surface area contributed by atoms with Crippen LogP contribution in [0.4, 0.5) is 10.2 Å². The largest absolute Gasteiger partial charge is 0.307 e. The summed E-state index contributed by atoms with van der Waals surface area (Å²) in [7, 11) is 1.78. The van der Waals surface area contributed by atoms with E-state index in [9.17, 15) is 9.18 Å². The molecule has 1 aromatic carbocycles. The van der Waals surface area contributed by atoms with Gasteiger partial charge in [0.25, 0.3) is 5.91 Å². The van der Waals surface area contributed by atoms with Crippen molar-refractivity contribution in [1.29, 1.82) is 0 Å². The van der Waals surface area contributed by atoms with E-state index in [1.54, 1.807) is 17.8 Å². The van der Waals surface area contributed by atoms with Crippen molar-refractivity contribution in [3.63, 3.8) is 0 Å². The maximum absolute atomic E-state index is 13.1. The molecule has 0 unspecified atom stereocenters. The fraction of sp³-hybridized carbons (Fsp3) is 0.286. The summed E-state index contributed by atoms with van der Waals surface area (Å²) in [5.74, 6) is 0.420. The highest BCUT2D eigenvalue weighted by Crippen LogP contribution is 2.39. The standard InChI is InChI=1S/C14H14FN3O/c1-18-13(8-12(17-18)9-5-6-9)16-14(19)10-3-2-4-11(15)7-10/h2-4,7-9H,5-6H2,1H3,(H,16,19). The number of hydrogen-bond acceptors (Lipinski definition) is 2. The zero-order valence-electron chi connectivity index (χ0n) is 10.6. The summed E-state index contributed by atoms with van der Waals surface area (Å²) >= 11 is 0. The SMILES string of the molecule is Cn1nc(C2CC2)cc1NC(=O)c1cccc(F)c1. The summed E-state index contributed by atoms with van der Waals surface area (Å²) in [6, 6.07) is 7.51. The molecule has 1 aromatic heterocycles. The molecule has 2 aromatic rings. The summed E-state index contributed by atoms with van der Waals surface area (Å²) in [6.07, 6.45) is 2.32. The topological polar surface area (TPSA) is 46.9 Å². The molecule has 19 heavy (non-hydrogen) atoms. The van der Waals surface area contributed by atoms with Crippen LogP contribution in [0.1, 0.15) is 34.8 Å². The minimum Gasteiger partial charge on any atom is -0.307 e. The average Bonchev–Trinajstić information content (AvgIpc) is 3.16. The van der Waals surface area contributed by atoms with Gasteiger partial charge in [0.1, 0.15) is 11.6 Å².